The van der Waals surface area contributed by atoms with Crippen molar-refractivity contribution < 1.29 is 14.0 Å². The molecule has 1 fully saturated rings. The van der Waals surface area contributed by atoms with Crippen molar-refractivity contribution in [1.29, 1.82) is 0 Å². The number of hydrogen-bond donors (Lipinski definition) is 1. The molecule has 0 radical (unpaired) electrons. The molecule has 1 saturated heterocycles. The fraction of sp³-hybridized carbons (Fsp3) is 0.500. The Labute approximate surface area is 175 Å². The topological polar surface area (TPSA) is 106 Å². The second-order valence-electron chi connectivity index (χ2n) is 7.55. The molecule has 0 aliphatic carbocycles. The first-order chi connectivity index (χ1) is 13.8. The predicted octanol–water partition coefficient (Wildman–Crippen LogP) is 2.32. The van der Waals surface area contributed by atoms with E-state index in [1.807, 2.05) is 26.0 Å². The van der Waals surface area contributed by atoms with E-state index in [2.05, 4.69) is 15.1 Å². The van der Waals surface area contributed by atoms with Crippen LogP contribution in [-0.2, 0) is 16.1 Å². The largest absolute Gasteiger partial charge is 0.419 e. The van der Waals surface area contributed by atoms with Gasteiger partial charge in [0.05, 0.1) is 23.7 Å². The van der Waals surface area contributed by atoms with Crippen molar-refractivity contribution >= 4 is 23.4 Å². The van der Waals surface area contributed by atoms with Gasteiger partial charge in [-0.1, -0.05) is 23.7 Å². The van der Waals surface area contributed by atoms with Crippen LogP contribution in [0, 0.1) is 5.92 Å². The Bertz CT molecular complexity index is 861. The lowest BCUT2D eigenvalue weighted by molar-refractivity contribution is -0.135. The molecule has 2 heterocycles. The van der Waals surface area contributed by atoms with Crippen LogP contribution >= 0.6 is 11.6 Å². The van der Waals surface area contributed by atoms with Crippen LogP contribution in [-0.4, -0.2) is 57.5 Å². The summed E-state index contributed by atoms with van der Waals surface area (Å²) < 4.78 is 5.75. The van der Waals surface area contributed by atoms with Crippen LogP contribution in [0.1, 0.15) is 32.6 Å². The second kappa shape index (κ2) is 9.37. The Morgan fingerprint density at radius 1 is 1.28 bits per heavy atom. The molecule has 1 aromatic heterocycles. The lowest BCUT2D eigenvalue weighted by atomic mass is 9.96. The minimum atomic E-state index is -0.259. The van der Waals surface area contributed by atoms with Crippen molar-refractivity contribution in [3.05, 3.63) is 35.2 Å². The molecule has 0 spiro atoms. The van der Waals surface area contributed by atoms with Gasteiger partial charge in [0.2, 0.25) is 23.6 Å². The number of carbonyl (C=O) groups excluding carboxylic acids is 2. The Hall–Kier alpha value is -2.45. The van der Waals surface area contributed by atoms with E-state index in [4.69, 9.17) is 21.8 Å². The smallest absolute Gasteiger partial charge is 0.249 e. The van der Waals surface area contributed by atoms with Crippen LogP contribution in [0.4, 0.5) is 0 Å². The van der Waals surface area contributed by atoms with Crippen LogP contribution < -0.4 is 5.73 Å². The number of carbonyl (C=O) groups is 2. The third kappa shape index (κ3) is 5.33. The summed E-state index contributed by atoms with van der Waals surface area (Å²) in [5.74, 6) is 0.314. The quantitative estimate of drug-likeness (QED) is 0.738. The minimum absolute atomic E-state index is 0.0185. The summed E-state index contributed by atoms with van der Waals surface area (Å²) >= 11 is 6.19. The highest BCUT2D eigenvalue weighted by Crippen LogP contribution is 2.26. The molecular formula is C20H26ClN5O3. The van der Waals surface area contributed by atoms with Crippen molar-refractivity contribution in [1.82, 2.24) is 20.0 Å². The van der Waals surface area contributed by atoms with Crippen molar-refractivity contribution in [2.24, 2.45) is 11.7 Å². The number of aromatic nitrogens is 2. The van der Waals surface area contributed by atoms with Crippen molar-refractivity contribution in [2.75, 3.05) is 19.6 Å². The number of rotatable bonds is 7. The molecule has 0 unspecified atom stereocenters. The number of nitrogens with two attached hydrogens (primary N) is 1. The molecule has 2 amide bonds. The lowest BCUT2D eigenvalue weighted by Crippen LogP contribution is -2.46. The number of benzene rings is 1. The molecule has 156 valence electrons. The Balaban J connectivity index is 1.63. The van der Waals surface area contributed by atoms with Crippen LogP contribution in [0.15, 0.2) is 28.7 Å². The van der Waals surface area contributed by atoms with E-state index >= 15 is 0 Å². The number of halogens is 1. The summed E-state index contributed by atoms with van der Waals surface area (Å²) in [5.41, 5.74) is 6.04. The normalized spacial score (nSPS) is 15.6. The van der Waals surface area contributed by atoms with Gasteiger partial charge in [0.15, 0.2) is 0 Å². The first-order valence-electron chi connectivity index (χ1n) is 9.73. The Morgan fingerprint density at radius 3 is 2.59 bits per heavy atom. The lowest BCUT2D eigenvalue weighted by Gasteiger charge is -2.33. The van der Waals surface area contributed by atoms with Gasteiger partial charge in [-0.15, -0.1) is 10.2 Å². The average molecular weight is 420 g/mol. The summed E-state index contributed by atoms with van der Waals surface area (Å²) in [6, 6.07) is 7.21. The maximum atomic E-state index is 12.9. The van der Waals surface area contributed by atoms with Gasteiger partial charge >= 0.3 is 0 Å². The van der Waals surface area contributed by atoms with Crippen LogP contribution in [0.2, 0.25) is 5.02 Å². The van der Waals surface area contributed by atoms with Crippen LogP contribution in [0.3, 0.4) is 0 Å². The number of hydrogen-bond acceptors (Lipinski definition) is 6. The highest BCUT2D eigenvalue weighted by atomic mass is 35.5. The van der Waals surface area contributed by atoms with Gasteiger partial charge in [-0.25, -0.2) is 0 Å². The van der Waals surface area contributed by atoms with E-state index < -0.39 is 0 Å². The molecule has 2 N–H and O–H groups in total. The molecule has 1 aromatic carbocycles. The predicted molar refractivity (Wildman–Crippen MR) is 109 cm³/mol. The molecule has 1 aliphatic rings. The number of likely N-dealkylation sites (tertiary alicyclic amines) is 1. The van der Waals surface area contributed by atoms with E-state index in [-0.39, 0.29) is 36.9 Å². The van der Waals surface area contributed by atoms with Crippen molar-refractivity contribution in [2.45, 2.75) is 39.3 Å². The monoisotopic (exact) mass is 419 g/mol. The molecule has 0 bridgehead atoms. The molecule has 9 heteroatoms. The van der Waals surface area contributed by atoms with Gasteiger partial charge in [0.25, 0.3) is 0 Å². The highest BCUT2D eigenvalue weighted by molar-refractivity contribution is 6.33. The van der Waals surface area contributed by atoms with Gasteiger partial charge < -0.3 is 15.1 Å². The van der Waals surface area contributed by atoms with Crippen molar-refractivity contribution in [3.63, 3.8) is 0 Å². The molecule has 2 aromatic rings. The van der Waals surface area contributed by atoms with E-state index in [1.54, 1.807) is 17.0 Å². The number of nitrogens with zero attached hydrogens (tertiary/aromatic N) is 4. The molecule has 1 aliphatic heterocycles. The highest BCUT2D eigenvalue weighted by Gasteiger charge is 2.27. The third-order valence-corrected chi connectivity index (χ3v) is 5.50. The third-order valence-electron chi connectivity index (χ3n) is 5.17. The zero-order valence-corrected chi connectivity index (χ0v) is 17.4. The zero-order chi connectivity index (χ0) is 21.0. The summed E-state index contributed by atoms with van der Waals surface area (Å²) in [5, 5.41) is 8.67. The number of primary amides is 1. The number of piperidine rings is 1. The SMILES string of the molecule is CC(C)N(Cc1nnc(-c2ccccc2Cl)o1)C(=O)CN1CCC(C(N)=O)CC1. The summed E-state index contributed by atoms with van der Waals surface area (Å²) in [6.07, 6.45) is 1.38. The first-order valence-corrected chi connectivity index (χ1v) is 10.1. The Kier molecular flexibility index (Phi) is 6.87. The van der Waals surface area contributed by atoms with Gasteiger partial charge in [-0.05, 0) is 51.9 Å². The van der Waals surface area contributed by atoms with Gasteiger partial charge in [0, 0.05) is 12.0 Å². The van der Waals surface area contributed by atoms with Crippen LogP contribution in [0.25, 0.3) is 11.5 Å². The minimum Gasteiger partial charge on any atom is -0.419 e. The Morgan fingerprint density at radius 2 is 1.97 bits per heavy atom. The molecule has 0 atom stereocenters. The van der Waals surface area contributed by atoms with Gasteiger partial charge in [0.1, 0.15) is 0 Å². The fourth-order valence-electron chi connectivity index (χ4n) is 3.42. The van der Waals surface area contributed by atoms with E-state index in [0.29, 0.717) is 48.3 Å². The maximum Gasteiger partial charge on any atom is 0.249 e. The van der Waals surface area contributed by atoms with Crippen molar-refractivity contribution in [3.8, 4) is 11.5 Å². The second-order valence-corrected chi connectivity index (χ2v) is 7.96. The molecule has 8 nitrogen and oxygen atoms in total. The summed E-state index contributed by atoms with van der Waals surface area (Å²) in [4.78, 5) is 28.0. The van der Waals surface area contributed by atoms with Gasteiger partial charge in [-0.3, -0.25) is 14.5 Å². The maximum absolute atomic E-state index is 12.9. The average Bonchev–Trinajstić information content (AvgIpc) is 3.15. The molecule has 0 saturated carbocycles. The first kappa shape index (κ1) is 21.3. The van der Waals surface area contributed by atoms with Crippen LogP contribution in [0.5, 0.6) is 0 Å². The fourth-order valence-corrected chi connectivity index (χ4v) is 3.64. The standard InChI is InChI=1S/C20H26ClN5O3/c1-13(2)26(18(27)12-25-9-7-14(8-10-25)19(22)28)11-17-23-24-20(29-17)15-5-3-4-6-16(15)21/h3-6,13-14H,7-12H2,1-2H3,(H2,22,28). The number of amides is 2. The van der Waals surface area contributed by atoms with Gasteiger partial charge in [-0.2, -0.15) is 0 Å². The van der Waals surface area contributed by atoms with E-state index in [1.165, 1.54) is 0 Å². The summed E-state index contributed by atoms with van der Waals surface area (Å²) in [7, 11) is 0. The molecule has 3 rings (SSSR count). The zero-order valence-electron chi connectivity index (χ0n) is 16.7. The molecule has 29 heavy (non-hydrogen) atoms. The van der Waals surface area contributed by atoms with E-state index in [9.17, 15) is 9.59 Å². The molecular weight excluding hydrogens is 394 g/mol. The van der Waals surface area contributed by atoms with E-state index in [0.717, 1.165) is 0 Å². The summed E-state index contributed by atoms with van der Waals surface area (Å²) in [6.45, 7) is 5.77.